The summed E-state index contributed by atoms with van der Waals surface area (Å²) < 4.78 is 12.1. The Morgan fingerprint density at radius 1 is 1.58 bits per heavy atom. The summed E-state index contributed by atoms with van der Waals surface area (Å²) in [6, 6.07) is 1.14. The summed E-state index contributed by atoms with van der Waals surface area (Å²) in [6.07, 6.45) is -1.38. The summed E-state index contributed by atoms with van der Waals surface area (Å²) in [7, 11) is 1.34. The molecule has 1 aromatic rings. The van der Waals surface area contributed by atoms with E-state index in [0.29, 0.717) is 6.42 Å². The van der Waals surface area contributed by atoms with Crippen molar-refractivity contribution in [2.75, 3.05) is 20.3 Å². The number of rotatable bonds is 7. The number of methoxy groups -OCH3 is 1. The predicted octanol–water partition coefficient (Wildman–Crippen LogP) is -0.737. The van der Waals surface area contributed by atoms with Crippen LogP contribution in [-0.2, 0) is 9.47 Å². The second-order valence-corrected chi connectivity index (χ2v) is 5.45. The van der Waals surface area contributed by atoms with Crippen molar-refractivity contribution in [2.24, 2.45) is 5.11 Å². The second-order valence-electron chi connectivity index (χ2n) is 5.45. The van der Waals surface area contributed by atoms with Crippen LogP contribution >= 0.6 is 0 Å². The monoisotopic (exact) mass is 341 g/mol. The Morgan fingerprint density at radius 2 is 2.33 bits per heavy atom. The van der Waals surface area contributed by atoms with E-state index in [1.807, 2.05) is 0 Å². The summed E-state index contributed by atoms with van der Waals surface area (Å²) >= 11 is 0. The Hall–Kier alpha value is -2.17. The summed E-state index contributed by atoms with van der Waals surface area (Å²) in [6.45, 7) is -0.339. The van der Waals surface area contributed by atoms with Gasteiger partial charge in [-0.05, 0) is 18.4 Å². The van der Waals surface area contributed by atoms with Gasteiger partial charge in [-0.2, -0.15) is 0 Å². The Kier molecular flexibility index (Phi) is 5.75. The van der Waals surface area contributed by atoms with Crippen LogP contribution in [0, 0.1) is 0 Å². The van der Waals surface area contributed by atoms with Crippen LogP contribution in [0.15, 0.2) is 27.0 Å². The van der Waals surface area contributed by atoms with Crippen LogP contribution in [-0.4, -0.2) is 57.8 Å². The number of aromatic nitrogens is 2. The number of nitrogens with one attached hydrogen (secondary N) is 1. The van der Waals surface area contributed by atoms with Crippen LogP contribution in [0.1, 0.15) is 19.1 Å². The largest absolute Gasteiger partial charge is 0.393 e. The third kappa shape index (κ3) is 3.35. The summed E-state index contributed by atoms with van der Waals surface area (Å²) in [5.74, 6) is 0. The standard InChI is InChI=1S/C13H19N5O6/c1-23-9-10(21)13(7-19,4-2-5-15-17-14)24-11(9)18-6-3-8(20)16-12(18)22/h3,6,9-11,19,21H,2,4-5,7H2,1H3,(H,16,20,22)/t9?,10-,11-,13-/m1/s1. The fraction of sp³-hybridized carbons (Fsp3) is 0.692. The molecule has 1 fully saturated rings. The maximum atomic E-state index is 12.0. The van der Waals surface area contributed by atoms with Crippen molar-refractivity contribution in [3.05, 3.63) is 43.5 Å². The quantitative estimate of drug-likeness (QED) is 0.256. The van der Waals surface area contributed by atoms with E-state index >= 15 is 0 Å². The highest BCUT2D eigenvalue weighted by molar-refractivity contribution is 5.02. The normalized spacial score (nSPS) is 29.4. The van der Waals surface area contributed by atoms with Gasteiger partial charge in [-0.25, -0.2) is 4.79 Å². The molecule has 4 atom stereocenters. The van der Waals surface area contributed by atoms with Gasteiger partial charge < -0.3 is 19.7 Å². The molecule has 0 aliphatic carbocycles. The van der Waals surface area contributed by atoms with E-state index in [0.717, 1.165) is 10.6 Å². The minimum atomic E-state index is -1.37. The van der Waals surface area contributed by atoms with Crippen LogP contribution in [0.2, 0.25) is 0 Å². The lowest BCUT2D eigenvalue weighted by Crippen LogP contribution is -2.46. The minimum absolute atomic E-state index is 0.176. The van der Waals surface area contributed by atoms with Crippen molar-refractivity contribution in [1.29, 1.82) is 0 Å². The fourth-order valence-electron chi connectivity index (χ4n) is 2.83. The molecule has 1 saturated heterocycles. The lowest BCUT2D eigenvalue weighted by molar-refractivity contribution is -0.133. The smallest absolute Gasteiger partial charge is 0.330 e. The zero-order chi connectivity index (χ0) is 17.7. The molecule has 24 heavy (non-hydrogen) atoms. The average molecular weight is 341 g/mol. The van der Waals surface area contributed by atoms with E-state index in [9.17, 15) is 19.8 Å². The first-order valence-electron chi connectivity index (χ1n) is 7.31. The maximum Gasteiger partial charge on any atom is 0.330 e. The highest BCUT2D eigenvalue weighted by Gasteiger charge is 2.55. The van der Waals surface area contributed by atoms with E-state index < -0.39 is 41.9 Å². The highest BCUT2D eigenvalue weighted by Crippen LogP contribution is 2.40. The highest BCUT2D eigenvalue weighted by atomic mass is 16.6. The Bertz CT molecular complexity index is 726. The number of hydrogen-bond acceptors (Lipinski definition) is 7. The molecule has 0 amide bonds. The van der Waals surface area contributed by atoms with Gasteiger partial charge in [0.2, 0.25) is 0 Å². The SMILES string of the molecule is COC1[C@H](n2ccc(=O)[nH]c2=O)O[C@@](CO)(CCCN=[N+]=[N-])[C@@H]1O. The van der Waals surface area contributed by atoms with Crippen molar-refractivity contribution in [1.82, 2.24) is 9.55 Å². The fourth-order valence-corrected chi connectivity index (χ4v) is 2.83. The molecule has 1 aromatic heterocycles. The number of H-pyrrole nitrogens is 1. The Balaban J connectivity index is 2.31. The van der Waals surface area contributed by atoms with Crippen LogP contribution in [0.5, 0.6) is 0 Å². The van der Waals surface area contributed by atoms with E-state index in [2.05, 4.69) is 15.0 Å². The average Bonchev–Trinajstić information content (AvgIpc) is 2.84. The molecule has 0 spiro atoms. The first kappa shape index (κ1) is 18.2. The van der Waals surface area contributed by atoms with Crippen LogP contribution in [0.25, 0.3) is 10.4 Å². The second kappa shape index (κ2) is 7.60. The van der Waals surface area contributed by atoms with Crippen molar-refractivity contribution in [2.45, 2.75) is 36.9 Å². The first-order chi connectivity index (χ1) is 11.5. The number of ether oxygens (including phenoxy) is 2. The molecule has 1 aliphatic rings. The number of aromatic amines is 1. The zero-order valence-corrected chi connectivity index (χ0v) is 13.0. The lowest BCUT2D eigenvalue weighted by atomic mass is 9.91. The van der Waals surface area contributed by atoms with Gasteiger partial charge in [0.25, 0.3) is 5.56 Å². The number of nitrogens with zero attached hydrogens (tertiary/aromatic N) is 4. The number of azide groups is 1. The molecular formula is C13H19N5O6. The molecule has 11 nitrogen and oxygen atoms in total. The maximum absolute atomic E-state index is 12.0. The molecule has 2 heterocycles. The van der Waals surface area contributed by atoms with Crippen LogP contribution < -0.4 is 11.2 Å². The first-order valence-corrected chi connectivity index (χ1v) is 7.31. The van der Waals surface area contributed by atoms with Gasteiger partial charge in [-0.15, -0.1) is 0 Å². The van der Waals surface area contributed by atoms with Gasteiger partial charge in [0, 0.05) is 30.8 Å². The zero-order valence-electron chi connectivity index (χ0n) is 13.0. The molecule has 0 aromatic carbocycles. The predicted molar refractivity (Wildman–Crippen MR) is 81.3 cm³/mol. The van der Waals surface area contributed by atoms with Crippen molar-refractivity contribution < 1.29 is 19.7 Å². The van der Waals surface area contributed by atoms with E-state index in [4.69, 9.17) is 15.0 Å². The third-order valence-electron chi connectivity index (χ3n) is 4.07. The molecular weight excluding hydrogens is 322 g/mol. The number of hydrogen-bond donors (Lipinski definition) is 3. The van der Waals surface area contributed by atoms with Crippen LogP contribution in [0.4, 0.5) is 0 Å². The molecule has 0 radical (unpaired) electrons. The third-order valence-corrected chi connectivity index (χ3v) is 4.07. The van der Waals surface area contributed by atoms with Crippen LogP contribution in [0.3, 0.4) is 0 Å². The topological polar surface area (TPSA) is 163 Å². The molecule has 1 aliphatic heterocycles. The van der Waals surface area contributed by atoms with Gasteiger partial charge in [0.05, 0.1) is 6.61 Å². The molecule has 3 N–H and O–H groups in total. The molecule has 132 valence electrons. The van der Waals surface area contributed by atoms with Gasteiger partial charge in [-0.1, -0.05) is 5.11 Å². The summed E-state index contributed by atoms with van der Waals surface area (Å²) in [5, 5.41) is 23.7. The van der Waals surface area contributed by atoms with Gasteiger partial charge in [-0.3, -0.25) is 14.3 Å². The molecule has 11 heteroatoms. The summed E-state index contributed by atoms with van der Waals surface area (Å²) in [5.41, 5.74) is 5.65. The van der Waals surface area contributed by atoms with E-state index in [1.165, 1.54) is 13.3 Å². The van der Waals surface area contributed by atoms with Crippen molar-refractivity contribution in [3.63, 3.8) is 0 Å². The summed E-state index contributed by atoms with van der Waals surface area (Å²) in [4.78, 5) is 27.9. The van der Waals surface area contributed by atoms with Crippen molar-refractivity contribution >= 4 is 0 Å². The minimum Gasteiger partial charge on any atom is -0.393 e. The van der Waals surface area contributed by atoms with Gasteiger partial charge in [0.1, 0.15) is 17.8 Å². The molecule has 0 saturated carbocycles. The Labute approximate surface area is 136 Å². The lowest BCUT2D eigenvalue weighted by Gasteiger charge is -2.30. The van der Waals surface area contributed by atoms with Gasteiger partial charge in [0.15, 0.2) is 6.23 Å². The molecule has 2 rings (SSSR count). The Morgan fingerprint density at radius 3 is 2.92 bits per heavy atom. The van der Waals surface area contributed by atoms with Gasteiger partial charge >= 0.3 is 5.69 Å². The molecule has 0 bridgehead atoms. The molecule has 1 unspecified atom stereocenters. The number of aliphatic hydroxyl groups is 2. The van der Waals surface area contributed by atoms with E-state index in [1.54, 1.807) is 0 Å². The van der Waals surface area contributed by atoms with Crippen molar-refractivity contribution in [3.8, 4) is 0 Å². The number of aliphatic hydroxyl groups excluding tert-OH is 2. The van der Waals surface area contributed by atoms with E-state index in [-0.39, 0.29) is 13.0 Å².